The molecule has 58 valence electrons. The lowest BCUT2D eigenvalue weighted by molar-refractivity contribution is 0.409. The molecule has 4 heteroatoms. The number of nitriles is 1. The maximum atomic E-state index is 10.6. The minimum atomic E-state index is -0.750. The van der Waals surface area contributed by atoms with Crippen LogP contribution in [0, 0.1) is 11.3 Å². The van der Waals surface area contributed by atoms with Crippen LogP contribution in [0.4, 0.5) is 0 Å². The van der Waals surface area contributed by atoms with Gasteiger partial charge in [0.2, 0.25) is 0 Å². The van der Waals surface area contributed by atoms with Gasteiger partial charge in [0.1, 0.15) is 0 Å². The zero-order chi connectivity index (χ0) is 8.55. The van der Waals surface area contributed by atoms with Crippen LogP contribution in [0.5, 0.6) is 0 Å². The Morgan fingerprint density at radius 3 is 2.75 bits per heavy atom. The number of hydrogen-bond acceptors (Lipinski definition) is 4. The van der Waals surface area contributed by atoms with Crippen LogP contribution in [0.1, 0.15) is 5.56 Å². The number of benzene rings is 1. The third-order valence-electron chi connectivity index (χ3n) is 1.46. The molecule has 4 nitrogen and oxygen atoms in total. The molecule has 0 amide bonds. The number of hydrogen-bond donors (Lipinski definition) is 0. The van der Waals surface area contributed by atoms with Crippen molar-refractivity contribution in [2.75, 3.05) is 0 Å². The van der Waals surface area contributed by atoms with Crippen molar-refractivity contribution in [2.24, 2.45) is 0 Å². The molecule has 0 aliphatic heterocycles. The Kier molecular flexibility index (Phi) is 1.25. The molecule has 0 saturated heterocycles. The number of rotatable bonds is 0. The van der Waals surface area contributed by atoms with Gasteiger partial charge in [-0.25, -0.2) is 4.79 Å². The number of nitrogens with zero attached hydrogens (tertiary/aromatic N) is 1. The van der Waals surface area contributed by atoms with E-state index >= 15 is 0 Å². The number of fused-ring (bicyclic) bond motifs is 1. The van der Waals surface area contributed by atoms with Crippen LogP contribution in [-0.4, -0.2) is 0 Å². The second-order valence-electron chi connectivity index (χ2n) is 2.23. The van der Waals surface area contributed by atoms with Gasteiger partial charge in [0.15, 0.2) is 11.2 Å². The van der Waals surface area contributed by atoms with Gasteiger partial charge in [-0.05, 0) is 12.1 Å². The zero-order valence-corrected chi connectivity index (χ0v) is 5.90. The monoisotopic (exact) mass is 161 g/mol. The summed E-state index contributed by atoms with van der Waals surface area (Å²) in [6.07, 6.45) is 0. The molecular formula is C8H3NO3. The largest absolute Gasteiger partial charge is 0.519 e. The summed E-state index contributed by atoms with van der Waals surface area (Å²) in [5.41, 5.74) is 1.10. The molecule has 2 aromatic rings. The average Bonchev–Trinajstić information content (AvgIpc) is 2.43. The first kappa shape index (κ1) is 6.68. The van der Waals surface area contributed by atoms with Crippen molar-refractivity contribution >= 4 is 11.2 Å². The van der Waals surface area contributed by atoms with Crippen molar-refractivity contribution in [3.8, 4) is 6.07 Å². The normalized spacial score (nSPS) is 9.92. The van der Waals surface area contributed by atoms with Crippen LogP contribution in [0.15, 0.2) is 31.8 Å². The first-order chi connectivity index (χ1) is 5.79. The fourth-order valence-corrected chi connectivity index (χ4v) is 0.942. The van der Waals surface area contributed by atoms with E-state index in [0.29, 0.717) is 16.7 Å². The minimum absolute atomic E-state index is 0.305. The van der Waals surface area contributed by atoms with Crippen molar-refractivity contribution in [1.82, 2.24) is 0 Å². The fourth-order valence-electron chi connectivity index (χ4n) is 0.942. The van der Waals surface area contributed by atoms with E-state index in [2.05, 4.69) is 8.83 Å². The zero-order valence-electron chi connectivity index (χ0n) is 5.90. The van der Waals surface area contributed by atoms with Gasteiger partial charge in [-0.2, -0.15) is 5.26 Å². The molecule has 0 bridgehead atoms. The highest BCUT2D eigenvalue weighted by Gasteiger charge is 2.02. The summed E-state index contributed by atoms with van der Waals surface area (Å²) in [6, 6.07) is 6.47. The van der Waals surface area contributed by atoms with Gasteiger partial charge in [0, 0.05) is 6.07 Å². The molecule has 1 aromatic heterocycles. The summed E-state index contributed by atoms with van der Waals surface area (Å²) in [4.78, 5) is 10.6. The van der Waals surface area contributed by atoms with Crippen molar-refractivity contribution in [3.05, 3.63) is 34.4 Å². The molecule has 2 rings (SSSR count). The van der Waals surface area contributed by atoms with E-state index < -0.39 is 5.82 Å². The summed E-state index contributed by atoms with van der Waals surface area (Å²) in [7, 11) is 0. The Labute approximate surface area is 66.6 Å². The SMILES string of the molecule is N#Cc1ccc2oc(=O)oc2c1. The fraction of sp³-hybridized carbons (Fsp3) is 0. The molecule has 0 spiro atoms. The van der Waals surface area contributed by atoms with Crippen molar-refractivity contribution in [3.63, 3.8) is 0 Å². The summed E-state index contributed by atoms with van der Waals surface area (Å²) in [5, 5.41) is 8.50. The summed E-state index contributed by atoms with van der Waals surface area (Å²) < 4.78 is 9.27. The van der Waals surface area contributed by atoms with Crippen LogP contribution in [0.3, 0.4) is 0 Å². The lowest BCUT2D eigenvalue weighted by atomic mass is 10.2. The van der Waals surface area contributed by atoms with E-state index in [1.807, 2.05) is 6.07 Å². The van der Waals surface area contributed by atoms with Crippen LogP contribution in [-0.2, 0) is 0 Å². The van der Waals surface area contributed by atoms with Crippen LogP contribution in [0.25, 0.3) is 11.2 Å². The van der Waals surface area contributed by atoms with Crippen molar-refractivity contribution in [1.29, 1.82) is 5.26 Å². The van der Waals surface area contributed by atoms with Crippen LogP contribution in [0.2, 0.25) is 0 Å². The van der Waals surface area contributed by atoms with Gasteiger partial charge in [-0.1, -0.05) is 0 Å². The Balaban J connectivity index is 2.85. The first-order valence-electron chi connectivity index (χ1n) is 3.23. The average molecular weight is 161 g/mol. The molecule has 0 aliphatic rings. The molecule has 0 aliphatic carbocycles. The smallest absolute Gasteiger partial charge is 0.391 e. The van der Waals surface area contributed by atoms with Crippen LogP contribution >= 0.6 is 0 Å². The second kappa shape index (κ2) is 2.24. The molecule has 0 radical (unpaired) electrons. The standard InChI is InChI=1S/C8H3NO3/c9-4-5-1-2-6-7(3-5)12-8(10)11-6/h1-3H. The van der Waals surface area contributed by atoms with Gasteiger partial charge in [-0.3, -0.25) is 0 Å². The topological polar surface area (TPSA) is 67.1 Å². The van der Waals surface area contributed by atoms with Gasteiger partial charge < -0.3 is 8.83 Å². The molecule has 1 aromatic carbocycles. The van der Waals surface area contributed by atoms with Gasteiger partial charge in [-0.15, -0.1) is 0 Å². The van der Waals surface area contributed by atoms with E-state index in [9.17, 15) is 4.79 Å². The Hall–Kier alpha value is -2.02. The van der Waals surface area contributed by atoms with Crippen molar-refractivity contribution < 1.29 is 8.83 Å². The lowest BCUT2D eigenvalue weighted by Gasteiger charge is -1.84. The minimum Gasteiger partial charge on any atom is -0.391 e. The van der Waals surface area contributed by atoms with Crippen molar-refractivity contribution in [2.45, 2.75) is 0 Å². The van der Waals surface area contributed by atoms with Gasteiger partial charge in [0.25, 0.3) is 0 Å². The highest BCUT2D eigenvalue weighted by molar-refractivity contribution is 5.71. The molecule has 12 heavy (non-hydrogen) atoms. The Morgan fingerprint density at radius 1 is 1.25 bits per heavy atom. The maximum Gasteiger partial charge on any atom is 0.519 e. The van der Waals surface area contributed by atoms with E-state index in [1.165, 1.54) is 12.1 Å². The van der Waals surface area contributed by atoms with E-state index in [0.717, 1.165) is 0 Å². The summed E-state index contributed by atoms with van der Waals surface area (Å²) >= 11 is 0. The molecule has 1 heterocycles. The second-order valence-corrected chi connectivity index (χ2v) is 2.23. The van der Waals surface area contributed by atoms with E-state index in [-0.39, 0.29) is 0 Å². The third kappa shape index (κ3) is 0.883. The van der Waals surface area contributed by atoms with E-state index in [4.69, 9.17) is 5.26 Å². The Bertz CT molecular complexity index is 515. The molecule has 0 N–H and O–H groups in total. The van der Waals surface area contributed by atoms with E-state index in [1.54, 1.807) is 6.07 Å². The highest BCUT2D eigenvalue weighted by atomic mass is 16.6. The first-order valence-corrected chi connectivity index (χ1v) is 3.23. The summed E-state index contributed by atoms with van der Waals surface area (Å²) in [5.74, 6) is -0.750. The predicted molar refractivity (Wildman–Crippen MR) is 39.5 cm³/mol. The molecular weight excluding hydrogens is 158 g/mol. The predicted octanol–water partition coefficient (Wildman–Crippen LogP) is 1.26. The third-order valence-corrected chi connectivity index (χ3v) is 1.46. The van der Waals surface area contributed by atoms with Gasteiger partial charge >= 0.3 is 5.82 Å². The quantitative estimate of drug-likeness (QED) is 0.583. The highest BCUT2D eigenvalue weighted by Crippen LogP contribution is 2.13. The molecule has 0 atom stereocenters. The molecule has 0 unspecified atom stereocenters. The van der Waals surface area contributed by atoms with Gasteiger partial charge in [0.05, 0.1) is 11.6 Å². The summed E-state index contributed by atoms with van der Waals surface area (Å²) in [6.45, 7) is 0. The van der Waals surface area contributed by atoms with Crippen LogP contribution < -0.4 is 5.82 Å². The lowest BCUT2D eigenvalue weighted by Crippen LogP contribution is -1.84. The molecule has 0 fully saturated rings. The Morgan fingerprint density at radius 2 is 2.00 bits per heavy atom. The maximum absolute atomic E-state index is 10.6. The molecule has 0 saturated carbocycles.